The summed E-state index contributed by atoms with van der Waals surface area (Å²) in [6, 6.07) is 8.74. The molecule has 1 saturated carbocycles. The van der Waals surface area contributed by atoms with Crippen LogP contribution < -0.4 is 4.74 Å². The lowest BCUT2D eigenvalue weighted by Crippen LogP contribution is -2.43. The molecule has 0 spiro atoms. The normalized spacial score (nSPS) is 22.8. The number of hydrogen-bond acceptors (Lipinski definition) is 5. The van der Waals surface area contributed by atoms with E-state index in [-0.39, 0.29) is 24.2 Å². The molecule has 6 rings (SSSR count). The third-order valence-electron chi connectivity index (χ3n) is 8.60. The summed E-state index contributed by atoms with van der Waals surface area (Å²) in [6.45, 7) is 1.15. The maximum absolute atomic E-state index is 13.4. The van der Waals surface area contributed by atoms with Crippen LogP contribution in [0.2, 0.25) is 0 Å². The summed E-state index contributed by atoms with van der Waals surface area (Å²) in [5.41, 5.74) is 2.26. The molecule has 2 aliphatic rings. The first-order valence-corrected chi connectivity index (χ1v) is 15.8. The van der Waals surface area contributed by atoms with Gasteiger partial charge in [-0.25, -0.2) is 17.7 Å². The molecule has 1 atom stereocenters. The van der Waals surface area contributed by atoms with Crippen molar-refractivity contribution >= 4 is 32.0 Å². The summed E-state index contributed by atoms with van der Waals surface area (Å²) in [4.78, 5) is 12.2. The minimum absolute atomic E-state index is 0.00344. The minimum atomic E-state index is -4.39. The molecule has 1 aliphatic heterocycles. The van der Waals surface area contributed by atoms with Gasteiger partial charge in [0.2, 0.25) is 10.0 Å². The average molecular weight is 587 g/mol. The Morgan fingerprint density at radius 3 is 2.51 bits per heavy atom. The highest BCUT2D eigenvalue weighted by molar-refractivity contribution is 7.89. The SMILES string of the molecule is O=S(=O)(CC1CCC(c2ccnc3cnc4[nH]ccc4c23)CC1)N1CCCC(COc2ccc(C(F)(F)F)cc2)C1. The Hall–Kier alpha value is -3.18. The van der Waals surface area contributed by atoms with Crippen molar-refractivity contribution in [3.8, 4) is 5.75 Å². The van der Waals surface area contributed by atoms with Crippen LogP contribution in [0, 0.1) is 11.8 Å². The number of alkyl halides is 3. The summed E-state index contributed by atoms with van der Waals surface area (Å²) < 4.78 is 72.6. The lowest BCUT2D eigenvalue weighted by atomic mass is 9.78. The van der Waals surface area contributed by atoms with Gasteiger partial charge in [-0.1, -0.05) is 0 Å². The summed E-state index contributed by atoms with van der Waals surface area (Å²) >= 11 is 0. The Kier molecular flexibility index (Phi) is 7.67. The summed E-state index contributed by atoms with van der Waals surface area (Å²) in [5, 5.41) is 2.20. The van der Waals surface area contributed by atoms with Gasteiger partial charge in [0, 0.05) is 42.2 Å². The summed E-state index contributed by atoms with van der Waals surface area (Å²) in [6.07, 6.45) is 6.25. The second kappa shape index (κ2) is 11.2. The zero-order valence-electron chi connectivity index (χ0n) is 22.6. The molecule has 2 fully saturated rings. The first kappa shape index (κ1) is 28.0. The predicted octanol–water partition coefficient (Wildman–Crippen LogP) is 6.52. The molecule has 1 aromatic carbocycles. The summed E-state index contributed by atoms with van der Waals surface area (Å²) in [5.74, 6) is 0.958. The van der Waals surface area contributed by atoms with Crippen LogP contribution >= 0.6 is 0 Å². The predicted molar refractivity (Wildman–Crippen MR) is 151 cm³/mol. The number of fused-ring (bicyclic) bond motifs is 3. The van der Waals surface area contributed by atoms with Gasteiger partial charge >= 0.3 is 6.18 Å². The Morgan fingerprint density at radius 1 is 0.976 bits per heavy atom. The van der Waals surface area contributed by atoms with Crippen LogP contribution in [0.1, 0.15) is 55.6 Å². The van der Waals surface area contributed by atoms with Crippen LogP contribution in [-0.4, -0.2) is 53.1 Å². The van der Waals surface area contributed by atoms with Gasteiger partial charge in [0.1, 0.15) is 11.4 Å². The molecule has 1 unspecified atom stereocenters. The molecule has 4 aromatic rings. The number of pyridine rings is 2. The zero-order chi connectivity index (χ0) is 28.6. The second-order valence-electron chi connectivity index (χ2n) is 11.4. The van der Waals surface area contributed by atoms with Crippen LogP contribution in [0.3, 0.4) is 0 Å². The largest absolute Gasteiger partial charge is 0.493 e. The molecule has 218 valence electrons. The van der Waals surface area contributed by atoms with E-state index in [0.717, 1.165) is 72.6 Å². The second-order valence-corrected chi connectivity index (χ2v) is 13.4. The van der Waals surface area contributed by atoms with Crippen molar-refractivity contribution in [3.05, 3.63) is 66.1 Å². The number of nitrogens with one attached hydrogen (secondary N) is 1. The van der Waals surface area contributed by atoms with E-state index < -0.39 is 21.8 Å². The minimum Gasteiger partial charge on any atom is -0.493 e. The molecule has 11 heteroatoms. The molecule has 3 aromatic heterocycles. The van der Waals surface area contributed by atoms with E-state index in [2.05, 4.69) is 21.0 Å². The van der Waals surface area contributed by atoms with Crippen molar-refractivity contribution in [1.82, 2.24) is 19.3 Å². The Balaban J connectivity index is 1.04. The number of sulfonamides is 1. The fraction of sp³-hybridized carbons (Fsp3) is 0.467. The Morgan fingerprint density at radius 2 is 1.76 bits per heavy atom. The van der Waals surface area contributed by atoms with Gasteiger partial charge in [-0.3, -0.25) is 4.98 Å². The molecule has 0 amide bonds. The van der Waals surface area contributed by atoms with Crippen LogP contribution in [0.25, 0.3) is 21.9 Å². The fourth-order valence-electron chi connectivity index (χ4n) is 6.43. The molecule has 0 radical (unpaired) electrons. The highest BCUT2D eigenvalue weighted by Gasteiger charge is 2.34. The topological polar surface area (TPSA) is 88.2 Å². The number of aromatic nitrogens is 3. The molecular formula is C30H33F3N4O3S. The van der Waals surface area contributed by atoms with Crippen molar-refractivity contribution in [1.29, 1.82) is 0 Å². The van der Waals surface area contributed by atoms with E-state index in [9.17, 15) is 21.6 Å². The number of H-pyrrole nitrogens is 1. The summed E-state index contributed by atoms with van der Waals surface area (Å²) in [7, 11) is -3.43. The first-order chi connectivity index (χ1) is 19.7. The Labute approximate surface area is 237 Å². The van der Waals surface area contributed by atoms with Crippen LogP contribution in [-0.2, 0) is 16.2 Å². The van der Waals surface area contributed by atoms with Crippen LogP contribution in [0.4, 0.5) is 13.2 Å². The fourth-order valence-corrected chi connectivity index (χ4v) is 8.42. The number of hydrogen-bond donors (Lipinski definition) is 1. The molecule has 1 aliphatic carbocycles. The smallest absolute Gasteiger partial charge is 0.416 e. The number of benzene rings is 1. The third kappa shape index (κ3) is 6.06. The average Bonchev–Trinajstić information content (AvgIpc) is 3.45. The van der Waals surface area contributed by atoms with E-state index in [1.807, 2.05) is 18.5 Å². The third-order valence-corrected chi connectivity index (χ3v) is 10.6. The van der Waals surface area contributed by atoms with Gasteiger partial charge in [-0.2, -0.15) is 13.2 Å². The molecule has 4 heterocycles. The highest BCUT2D eigenvalue weighted by atomic mass is 32.2. The number of ether oxygens (including phenoxy) is 1. The number of halogens is 3. The van der Waals surface area contributed by atoms with Gasteiger partial charge in [-0.15, -0.1) is 0 Å². The van der Waals surface area contributed by atoms with Crippen molar-refractivity contribution in [2.75, 3.05) is 25.4 Å². The monoisotopic (exact) mass is 586 g/mol. The maximum atomic E-state index is 13.4. The molecule has 41 heavy (non-hydrogen) atoms. The van der Waals surface area contributed by atoms with Crippen molar-refractivity contribution in [2.45, 2.75) is 50.6 Å². The zero-order valence-corrected chi connectivity index (χ0v) is 23.4. The van der Waals surface area contributed by atoms with E-state index in [0.29, 0.717) is 24.8 Å². The molecule has 1 N–H and O–H groups in total. The highest BCUT2D eigenvalue weighted by Crippen LogP contribution is 2.40. The van der Waals surface area contributed by atoms with Crippen LogP contribution in [0.5, 0.6) is 5.75 Å². The standard InChI is InChI=1S/C30H33F3N4O3S/c31-30(32,33)23-7-9-24(10-8-23)40-18-21-2-1-15-37(17-21)41(38,39)19-20-3-5-22(6-4-20)25-11-13-34-27-16-36-29-26(28(25)27)12-14-35-29/h7-14,16,20-22H,1-6,15,17-19H2,(H,35,36). The lowest BCUT2D eigenvalue weighted by molar-refractivity contribution is -0.137. The lowest BCUT2D eigenvalue weighted by Gasteiger charge is -2.34. The first-order valence-electron chi connectivity index (χ1n) is 14.2. The molecule has 7 nitrogen and oxygen atoms in total. The van der Waals surface area contributed by atoms with Gasteiger partial charge in [0.05, 0.1) is 29.6 Å². The number of nitrogens with zero attached hydrogens (tertiary/aromatic N) is 3. The number of piperidine rings is 1. The van der Waals surface area contributed by atoms with Crippen molar-refractivity contribution in [2.24, 2.45) is 11.8 Å². The molecular weight excluding hydrogens is 553 g/mol. The van der Waals surface area contributed by atoms with Crippen LogP contribution in [0.15, 0.2) is 55.0 Å². The Bertz CT molecular complexity index is 1610. The van der Waals surface area contributed by atoms with E-state index in [1.165, 1.54) is 17.7 Å². The number of aromatic amines is 1. The van der Waals surface area contributed by atoms with Crippen molar-refractivity contribution in [3.63, 3.8) is 0 Å². The molecule has 1 saturated heterocycles. The van der Waals surface area contributed by atoms with E-state index >= 15 is 0 Å². The van der Waals surface area contributed by atoms with Gasteiger partial charge in [-0.05, 0) is 92.3 Å². The van der Waals surface area contributed by atoms with E-state index in [4.69, 9.17) is 4.74 Å². The van der Waals surface area contributed by atoms with Gasteiger partial charge in [0.25, 0.3) is 0 Å². The van der Waals surface area contributed by atoms with Gasteiger partial charge in [0.15, 0.2) is 0 Å². The van der Waals surface area contributed by atoms with E-state index in [1.54, 1.807) is 10.5 Å². The maximum Gasteiger partial charge on any atom is 0.416 e. The van der Waals surface area contributed by atoms with Gasteiger partial charge < -0.3 is 9.72 Å². The molecule has 0 bridgehead atoms. The van der Waals surface area contributed by atoms with Crippen molar-refractivity contribution < 1.29 is 26.3 Å². The quantitative estimate of drug-likeness (QED) is 0.266. The number of rotatable bonds is 7.